The first-order chi connectivity index (χ1) is 16.1. The number of hydrogen-bond donors (Lipinski definition) is 4. The topological polar surface area (TPSA) is 96.2 Å². The fraction of sp³-hybridized carbons (Fsp3) is 0.385. The zero-order chi connectivity index (χ0) is 23.1. The Labute approximate surface area is 232 Å². The molecule has 36 heavy (non-hydrogen) atoms. The maximum Gasteiger partial charge on any atom is 0.241 e. The van der Waals surface area contributed by atoms with Gasteiger partial charge in [-0.3, -0.25) is 0 Å². The summed E-state index contributed by atoms with van der Waals surface area (Å²) in [4.78, 5) is 0.350. The molecule has 0 aliphatic carbocycles. The van der Waals surface area contributed by atoms with Crippen LogP contribution < -0.4 is 21.1 Å². The molecule has 0 aliphatic rings. The Kier molecular flexibility index (Phi) is 14.3. The lowest BCUT2D eigenvalue weighted by atomic mass is 9.94. The van der Waals surface area contributed by atoms with Gasteiger partial charge in [-0.15, -0.1) is 37.2 Å². The van der Waals surface area contributed by atoms with Crippen LogP contribution in [0, 0.1) is 0 Å². The molecular formula is C26H37Cl3N4O2S. The van der Waals surface area contributed by atoms with Gasteiger partial charge in [0.25, 0.3) is 0 Å². The van der Waals surface area contributed by atoms with Gasteiger partial charge >= 0.3 is 0 Å². The number of sulfonamides is 1. The van der Waals surface area contributed by atoms with Crippen molar-refractivity contribution in [1.29, 1.82) is 0 Å². The molecule has 6 nitrogen and oxygen atoms in total. The molecule has 0 radical (unpaired) electrons. The number of nitrogens with one attached hydrogen (secondary N) is 3. The van der Waals surface area contributed by atoms with Gasteiger partial charge in [0.1, 0.15) is 0 Å². The largest absolute Gasteiger partial charge is 0.330 e. The Morgan fingerprint density at radius 3 is 1.78 bits per heavy atom. The fourth-order valence-corrected chi connectivity index (χ4v) is 5.69. The van der Waals surface area contributed by atoms with Crippen LogP contribution in [-0.2, 0) is 10.0 Å². The summed E-state index contributed by atoms with van der Waals surface area (Å²) in [5.41, 5.74) is 5.47. The van der Waals surface area contributed by atoms with E-state index in [-0.39, 0.29) is 37.2 Å². The first-order valence-electron chi connectivity index (χ1n) is 11.9. The van der Waals surface area contributed by atoms with E-state index in [0.717, 1.165) is 90.7 Å². The summed E-state index contributed by atoms with van der Waals surface area (Å²) in [5, 5.41) is 13.0. The van der Waals surface area contributed by atoms with Gasteiger partial charge in [0.05, 0.1) is 4.90 Å². The molecule has 0 heterocycles. The average molecular weight is 576 g/mol. The molecule has 0 spiro atoms. The van der Waals surface area contributed by atoms with Crippen molar-refractivity contribution in [2.45, 2.75) is 30.6 Å². The molecule has 200 valence electrons. The van der Waals surface area contributed by atoms with Crippen LogP contribution >= 0.6 is 37.2 Å². The Morgan fingerprint density at radius 1 is 0.611 bits per heavy atom. The lowest BCUT2D eigenvalue weighted by Gasteiger charge is -2.14. The van der Waals surface area contributed by atoms with Gasteiger partial charge < -0.3 is 16.4 Å². The van der Waals surface area contributed by atoms with Crippen LogP contribution in [0.5, 0.6) is 0 Å². The monoisotopic (exact) mass is 574 g/mol. The standard InChI is InChI=1S/C26H34N4O2S.3ClH/c27-14-4-17-28-15-1-2-16-29-18-5-19-30-33(31,32)24-13-11-22-9-8-20-6-3-7-21-10-12-23(24)26(22)25(20)21;;;/h3,6-13,28-30H,1-2,4-5,14-19,27H2;3*1H. The van der Waals surface area contributed by atoms with E-state index in [1.54, 1.807) is 6.07 Å². The van der Waals surface area contributed by atoms with E-state index in [9.17, 15) is 8.42 Å². The molecule has 0 amide bonds. The molecule has 0 aromatic heterocycles. The van der Waals surface area contributed by atoms with Crippen molar-refractivity contribution in [3.8, 4) is 0 Å². The SMILES string of the molecule is Cl.Cl.Cl.NCCCNCCCCNCCCNS(=O)(=O)c1ccc2ccc3cccc4ccc1c2c34. The molecule has 5 N–H and O–H groups in total. The van der Waals surface area contributed by atoms with Crippen molar-refractivity contribution in [2.75, 3.05) is 39.3 Å². The second-order valence-corrected chi connectivity index (χ2v) is 10.3. The number of halogens is 3. The van der Waals surface area contributed by atoms with Crippen LogP contribution in [-0.4, -0.2) is 47.7 Å². The van der Waals surface area contributed by atoms with Crippen molar-refractivity contribution in [3.63, 3.8) is 0 Å². The van der Waals surface area contributed by atoms with Gasteiger partial charge in [-0.05, 0) is 91.4 Å². The van der Waals surface area contributed by atoms with E-state index in [1.807, 2.05) is 24.3 Å². The third-order valence-corrected chi connectivity index (χ3v) is 7.63. The van der Waals surface area contributed by atoms with Gasteiger partial charge in [0.15, 0.2) is 0 Å². The molecule has 0 saturated carbocycles. The van der Waals surface area contributed by atoms with E-state index in [0.29, 0.717) is 11.4 Å². The number of hydrogen-bond acceptors (Lipinski definition) is 5. The second-order valence-electron chi connectivity index (χ2n) is 8.52. The smallest absolute Gasteiger partial charge is 0.241 e. The van der Waals surface area contributed by atoms with Gasteiger partial charge in [0, 0.05) is 11.9 Å². The minimum absolute atomic E-state index is 0. The van der Waals surface area contributed by atoms with Gasteiger partial charge in [-0.1, -0.05) is 48.5 Å². The van der Waals surface area contributed by atoms with Crippen molar-refractivity contribution in [1.82, 2.24) is 15.4 Å². The zero-order valence-electron chi connectivity index (χ0n) is 20.3. The van der Waals surface area contributed by atoms with E-state index in [1.165, 1.54) is 0 Å². The molecule has 10 heteroatoms. The molecule has 0 fully saturated rings. The molecular weight excluding hydrogens is 539 g/mol. The number of nitrogens with two attached hydrogens (primary N) is 1. The number of benzene rings is 4. The van der Waals surface area contributed by atoms with E-state index in [2.05, 4.69) is 39.6 Å². The highest BCUT2D eigenvalue weighted by molar-refractivity contribution is 7.89. The zero-order valence-corrected chi connectivity index (χ0v) is 23.6. The van der Waals surface area contributed by atoms with Gasteiger partial charge in [-0.25, -0.2) is 13.1 Å². The van der Waals surface area contributed by atoms with Crippen LogP contribution in [0.3, 0.4) is 0 Å². The second kappa shape index (κ2) is 15.7. The van der Waals surface area contributed by atoms with Crippen molar-refractivity contribution < 1.29 is 8.42 Å². The summed E-state index contributed by atoms with van der Waals surface area (Å²) in [6.07, 6.45) is 3.99. The van der Waals surface area contributed by atoms with Crippen molar-refractivity contribution >= 4 is 79.6 Å². The van der Waals surface area contributed by atoms with Gasteiger partial charge in [0.2, 0.25) is 10.0 Å². The summed E-state index contributed by atoms with van der Waals surface area (Å²) in [7, 11) is -3.59. The number of unbranched alkanes of at least 4 members (excludes halogenated alkanes) is 1. The fourth-order valence-electron chi connectivity index (χ4n) is 4.42. The highest BCUT2D eigenvalue weighted by Gasteiger charge is 2.19. The Morgan fingerprint density at radius 2 is 1.14 bits per heavy atom. The first-order valence-corrected chi connectivity index (χ1v) is 13.4. The Balaban J connectivity index is 0.00000216. The molecule has 0 saturated heterocycles. The minimum Gasteiger partial charge on any atom is -0.330 e. The third kappa shape index (κ3) is 7.79. The maximum absolute atomic E-state index is 13.1. The molecule has 0 aliphatic heterocycles. The Hall–Kier alpha value is -1.42. The molecule has 0 bridgehead atoms. The van der Waals surface area contributed by atoms with Gasteiger partial charge in [-0.2, -0.15) is 0 Å². The normalized spacial score (nSPS) is 11.4. The van der Waals surface area contributed by atoms with Crippen LogP contribution in [0.1, 0.15) is 25.7 Å². The van der Waals surface area contributed by atoms with Crippen LogP contribution in [0.4, 0.5) is 0 Å². The average Bonchev–Trinajstić information content (AvgIpc) is 2.83. The summed E-state index contributed by atoms with van der Waals surface area (Å²) in [6.45, 7) is 4.88. The molecule has 0 atom stereocenters. The molecule has 4 aromatic rings. The predicted molar refractivity (Wildman–Crippen MR) is 160 cm³/mol. The molecule has 4 rings (SSSR count). The van der Waals surface area contributed by atoms with Crippen molar-refractivity contribution in [2.24, 2.45) is 5.73 Å². The lowest BCUT2D eigenvalue weighted by Crippen LogP contribution is -2.28. The summed E-state index contributed by atoms with van der Waals surface area (Å²) >= 11 is 0. The van der Waals surface area contributed by atoms with Crippen molar-refractivity contribution in [3.05, 3.63) is 54.6 Å². The minimum atomic E-state index is -3.59. The van der Waals surface area contributed by atoms with E-state index < -0.39 is 10.0 Å². The van der Waals surface area contributed by atoms with Crippen LogP contribution in [0.25, 0.3) is 32.3 Å². The lowest BCUT2D eigenvalue weighted by molar-refractivity contribution is 0.559. The highest BCUT2D eigenvalue weighted by Crippen LogP contribution is 2.37. The van der Waals surface area contributed by atoms with Crippen LogP contribution in [0.15, 0.2) is 59.5 Å². The first kappa shape index (κ1) is 32.6. The predicted octanol–water partition coefficient (Wildman–Crippen LogP) is 4.83. The number of rotatable bonds is 14. The Bertz CT molecular complexity index is 1290. The quantitative estimate of drug-likeness (QED) is 0.128. The maximum atomic E-state index is 13.1. The van der Waals surface area contributed by atoms with Crippen LogP contribution in [0.2, 0.25) is 0 Å². The third-order valence-electron chi connectivity index (χ3n) is 6.12. The highest BCUT2D eigenvalue weighted by atomic mass is 35.5. The van der Waals surface area contributed by atoms with E-state index in [4.69, 9.17) is 5.73 Å². The summed E-state index contributed by atoms with van der Waals surface area (Å²) in [6, 6.07) is 17.9. The molecule has 4 aromatic carbocycles. The van der Waals surface area contributed by atoms with E-state index >= 15 is 0 Å². The summed E-state index contributed by atoms with van der Waals surface area (Å²) in [5.74, 6) is 0. The summed E-state index contributed by atoms with van der Waals surface area (Å²) < 4.78 is 29.0. The molecule has 0 unspecified atom stereocenters.